The van der Waals surface area contributed by atoms with Gasteiger partial charge in [-0.1, -0.05) is 53.3 Å². The summed E-state index contributed by atoms with van der Waals surface area (Å²) in [5.41, 5.74) is 3.04. The van der Waals surface area contributed by atoms with Crippen LogP contribution >= 0.6 is 22.9 Å². The molecule has 0 fully saturated rings. The van der Waals surface area contributed by atoms with Gasteiger partial charge < -0.3 is 10.2 Å². The Morgan fingerprint density at radius 3 is 2.71 bits per heavy atom. The number of hydrogen-bond acceptors (Lipinski definition) is 4. The smallest absolute Gasteiger partial charge is 0.244 e. The molecule has 3 aromatic rings. The van der Waals surface area contributed by atoms with Gasteiger partial charge in [0, 0.05) is 23.5 Å². The first kappa shape index (κ1) is 15.2. The number of para-hydroxylation sites is 1. The molecule has 6 heteroatoms. The highest BCUT2D eigenvalue weighted by atomic mass is 35.5. The maximum Gasteiger partial charge on any atom is 0.244 e. The Labute approximate surface area is 148 Å². The average molecular weight is 356 g/mol. The number of fused-ring (bicyclic) bond motifs is 1. The number of nitrogens with zero attached hydrogens (tertiary/aromatic N) is 2. The van der Waals surface area contributed by atoms with Gasteiger partial charge in [0.25, 0.3) is 0 Å². The van der Waals surface area contributed by atoms with Gasteiger partial charge in [0.1, 0.15) is 0 Å². The number of carbonyl (C=O) groups excluding carboxylic acids is 1. The maximum absolute atomic E-state index is 12.2. The molecule has 0 aliphatic carbocycles. The van der Waals surface area contributed by atoms with Crippen LogP contribution in [0.3, 0.4) is 0 Å². The molecule has 0 unspecified atom stereocenters. The summed E-state index contributed by atoms with van der Waals surface area (Å²) >= 11 is 7.52. The average Bonchev–Trinajstić information content (AvgIpc) is 3.00. The van der Waals surface area contributed by atoms with Crippen molar-refractivity contribution in [1.29, 1.82) is 0 Å². The van der Waals surface area contributed by atoms with E-state index in [1.54, 1.807) is 11.3 Å². The van der Waals surface area contributed by atoms with Gasteiger partial charge in [-0.15, -0.1) is 0 Å². The summed E-state index contributed by atoms with van der Waals surface area (Å²) < 4.78 is 0. The number of anilines is 2. The molecule has 0 atom stereocenters. The van der Waals surface area contributed by atoms with Gasteiger partial charge in [-0.25, -0.2) is 4.98 Å². The second-order valence-electron chi connectivity index (χ2n) is 5.58. The molecule has 1 aliphatic rings. The molecule has 1 N–H and O–H groups in total. The van der Waals surface area contributed by atoms with Gasteiger partial charge in [0.2, 0.25) is 5.91 Å². The molecular formula is C18H14ClN3OS. The molecule has 24 heavy (non-hydrogen) atoms. The minimum atomic E-state index is -0.0248. The lowest BCUT2D eigenvalue weighted by Gasteiger charge is -2.18. The molecule has 0 saturated carbocycles. The molecule has 2 heterocycles. The van der Waals surface area contributed by atoms with Crippen LogP contribution in [0.2, 0.25) is 5.02 Å². The van der Waals surface area contributed by atoms with Gasteiger partial charge in [0.15, 0.2) is 5.13 Å². The van der Waals surface area contributed by atoms with E-state index in [9.17, 15) is 4.79 Å². The standard InChI is InChI=1S/C18H14ClN3OS/c19-14-7-5-12(6-8-14)16-9-20-18(24-16)22-10-13-3-1-2-4-15(13)21-17(23)11-22/h1-9H,10-11H2,(H,21,23). The second-order valence-corrected chi connectivity index (χ2v) is 7.02. The lowest BCUT2D eigenvalue weighted by atomic mass is 10.2. The van der Waals surface area contributed by atoms with Crippen LogP contribution in [0.5, 0.6) is 0 Å². The summed E-state index contributed by atoms with van der Waals surface area (Å²) in [6.45, 7) is 0.949. The zero-order chi connectivity index (χ0) is 16.5. The summed E-state index contributed by atoms with van der Waals surface area (Å²) in [6.07, 6.45) is 1.85. The Morgan fingerprint density at radius 1 is 1.08 bits per heavy atom. The first-order valence-corrected chi connectivity index (χ1v) is 8.73. The maximum atomic E-state index is 12.2. The van der Waals surface area contributed by atoms with Crippen LogP contribution in [0.15, 0.2) is 54.7 Å². The lowest BCUT2D eigenvalue weighted by molar-refractivity contribution is -0.114. The number of aromatic nitrogens is 1. The highest BCUT2D eigenvalue weighted by molar-refractivity contribution is 7.18. The molecule has 0 spiro atoms. The third kappa shape index (κ3) is 3.00. The van der Waals surface area contributed by atoms with Gasteiger partial charge >= 0.3 is 0 Å². The third-order valence-corrected chi connectivity index (χ3v) is 5.24. The fourth-order valence-corrected chi connectivity index (χ4v) is 3.74. The van der Waals surface area contributed by atoms with Crippen LogP contribution in [-0.4, -0.2) is 17.4 Å². The van der Waals surface area contributed by atoms with E-state index < -0.39 is 0 Å². The fraction of sp³-hybridized carbons (Fsp3) is 0.111. The fourth-order valence-electron chi connectivity index (χ4n) is 2.70. The minimum absolute atomic E-state index is 0.0248. The quantitative estimate of drug-likeness (QED) is 0.740. The van der Waals surface area contributed by atoms with Crippen molar-refractivity contribution >= 4 is 39.7 Å². The minimum Gasteiger partial charge on any atom is -0.334 e. The molecule has 4 nitrogen and oxygen atoms in total. The molecule has 0 saturated heterocycles. The Balaban J connectivity index is 1.64. The normalized spacial score (nSPS) is 14.0. The van der Waals surface area contributed by atoms with Crippen molar-refractivity contribution in [2.75, 3.05) is 16.8 Å². The molecule has 0 bridgehead atoms. The summed E-state index contributed by atoms with van der Waals surface area (Å²) in [5, 5.41) is 4.50. The monoisotopic (exact) mass is 355 g/mol. The summed E-state index contributed by atoms with van der Waals surface area (Å²) in [4.78, 5) is 19.7. The number of thiazole rings is 1. The molecule has 120 valence electrons. The molecule has 0 radical (unpaired) electrons. The number of nitrogens with one attached hydrogen (secondary N) is 1. The van der Waals surface area contributed by atoms with Crippen LogP contribution in [0.4, 0.5) is 10.8 Å². The number of rotatable bonds is 2. The molecule has 1 amide bonds. The third-order valence-electron chi connectivity index (χ3n) is 3.88. The van der Waals surface area contributed by atoms with Crippen molar-refractivity contribution in [2.24, 2.45) is 0 Å². The first-order valence-electron chi connectivity index (χ1n) is 7.53. The topological polar surface area (TPSA) is 45.2 Å². The zero-order valence-corrected chi connectivity index (χ0v) is 14.3. The van der Waals surface area contributed by atoms with Gasteiger partial charge in [-0.05, 0) is 29.3 Å². The van der Waals surface area contributed by atoms with Crippen molar-refractivity contribution < 1.29 is 4.79 Å². The molecular weight excluding hydrogens is 342 g/mol. The highest BCUT2D eigenvalue weighted by Gasteiger charge is 2.21. The van der Waals surface area contributed by atoms with E-state index in [1.165, 1.54) is 0 Å². The number of benzene rings is 2. The predicted molar refractivity (Wildman–Crippen MR) is 98.7 cm³/mol. The van der Waals surface area contributed by atoms with Crippen molar-refractivity contribution in [1.82, 2.24) is 4.98 Å². The van der Waals surface area contributed by atoms with Crippen molar-refractivity contribution in [3.8, 4) is 10.4 Å². The van der Waals surface area contributed by atoms with Crippen molar-refractivity contribution in [3.05, 3.63) is 65.3 Å². The van der Waals surface area contributed by atoms with Crippen molar-refractivity contribution in [3.63, 3.8) is 0 Å². The predicted octanol–water partition coefficient (Wildman–Crippen LogP) is 4.42. The van der Waals surface area contributed by atoms with Crippen LogP contribution < -0.4 is 10.2 Å². The summed E-state index contributed by atoms with van der Waals surface area (Å²) in [5.74, 6) is -0.0248. The lowest BCUT2D eigenvalue weighted by Crippen LogP contribution is -2.29. The van der Waals surface area contributed by atoms with Gasteiger partial charge in [0.05, 0.1) is 11.4 Å². The summed E-state index contributed by atoms with van der Waals surface area (Å²) in [7, 11) is 0. The number of amides is 1. The van der Waals surface area contributed by atoms with Crippen molar-refractivity contribution in [2.45, 2.75) is 6.54 Å². The molecule has 2 aromatic carbocycles. The number of halogens is 1. The van der Waals surface area contributed by atoms with Crippen LogP contribution in [0.25, 0.3) is 10.4 Å². The number of hydrogen-bond donors (Lipinski definition) is 1. The van der Waals surface area contributed by atoms with Crippen LogP contribution in [0, 0.1) is 0 Å². The van der Waals surface area contributed by atoms with E-state index in [1.807, 2.05) is 59.6 Å². The van der Waals surface area contributed by atoms with E-state index in [0.717, 1.165) is 26.8 Å². The SMILES string of the molecule is O=C1CN(c2ncc(-c3ccc(Cl)cc3)s2)Cc2ccccc2N1. The van der Waals surface area contributed by atoms with E-state index in [0.29, 0.717) is 18.1 Å². The summed E-state index contributed by atoms with van der Waals surface area (Å²) in [6, 6.07) is 15.6. The van der Waals surface area contributed by atoms with E-state index in [4.69, 9.17) is 11.6 Å². The number of carbonyl (C=O) groups is 1. The highest BCUT2D eigenvalue weighted by Crippen LogP contribution is 2.33. The van der Waals surface area contributed by atoms with Gasteiger partial charge in [-0.2, -0.15) is 0 Å². The Bertz CT molecular complexity index is 891. The van der Waals surface area contributed by atoms with E-state index in [2.05, 4.69) is 10.3 Å². The molecule has 4 rings (SSSR count). The Morgan fingerprint density at radius 2 is 1.88 bits per heavy atom. The van der Waals surface area contributed by atoms with E-state index in [-0.39, 0.29) is 5.91 Å². The van der Waals surface area contributed by atoms with Crippen LogP contribution in [0.1, 0.15) is 5.56 Å². The molecule has 1 aliphatic heterocycles. The second kappa shape index (κ2) is 6.26. The molecule has 1 aromatic heterocycles. The first-order chi connectivity index (χ1) is 11.7. The zero-order valence-electron chi connectivity index (χ0n) is 12.7. The Kier molecular flexibility index (Phi) is 3.96. The Hall–Kier alpha value is -2.37. The van der Waals surface area contributed by atoms with Gasteiger partial charge in [-0.3, -0.25) is 4.79 Å². The van der Waals surface area contributed by atoms with E-state index >= 15 is 0 Å². The van der Waals surface area contributed by atoms with Crippen LogP contribution in [-0.2, 0) is 11.3 Å². The largest absolute Gasteiger partial charge is 0.334 e.